The van der Waals surface area contributed by atoms with E-state index in [1.807, 2.05) is 0 Å². The molecule has 0 spiro atoms. The minimum Gasteiger partial charge on any atom is -0.381 e. The predicted molar refractivity (Wildman–Crippen MR) is 76.8 cm³/mol. The van der Waals surface area contributed by atoms with E-state index in [0.717, 1.165) is 0 Å². The molecule has 0 aliphatic heterocycles. The maximum Gasteiger partial charge on any atom is 0.274 e. The van der Waals surface area contributed by atoms with Gasteiger partial charge in [-0.15, -0.1) is 0 Å². The summed E-state index contributed by atoms with van der Waals surface area (Å²) in [5, 5.41) is 14.4. The summed E-state index contributed by atoms with van der Waals surface area (Å²) in [5.74, 6) is -0.486. The normalized spacial score (nSPS) is 10.3. The molecule has 2 aromatic rings. The maximum absolute atomic E-state index is 13.2. The lowest BCUT2D eigenvalue weighted by Crippen LogP contribution is -2.03. The van der Waals surface area contributed by atoms with Crippen molar-refractivity contribution in [3.8, 4) is 0 Å². The summed E-state index contributed by atoms with van der Waals surface area (Å²) in [6.45, 7) is 0.136. The van der Waals surface area contributed by atoms with Crippen LogP contribution in [-0.2, 0) is 6.54 Å². The summed E-state index contributed by atoms with van der Waals surface area (Å²) in [7, 11) is 0. The molecule has 0 heterocycles. The van der Waals surface area contributed by atoms with E-state index in [1.165, 1.54) is 36.4 Å². The lowest BCUT2D eigenvalue weighted by molar-refractivity contribution is -0.385. The number of halogens is 3. The van der Waals surface area contributed by atoms with Gasteiger partial charge in [-0.05, 0) is 30.3 Å². The maximum atomic E-state index is 13.2. The summed E-state index contributed by atoms with van der Waals surface area (Å²) >= 11 is 11.6. The Morgan fingerprint density at radius 2 is 1.90 bits per heavy atom. The fourth-order valence-corrected chi connectivity index (χ4v) is 2.14. The molecule has 4 nitrogen and oxygen atoms in total. The van der Waals surface area contributed by atoms with Crippen molar-refractivity contribution in [2.24, 2.45) is 0 Å². The Hall–Kier alpha value is -1.85. The number of hydrogen-bond donors (Lipinski definition) is 1. The van der Waals surface area contributed by atoms with E-state index in [2.05, 4.69) is 5.32 Å². The zero-order valence-electron chi connectivity index (χ0n) is 10.1. The highest BCUT2D eigenvalue weighted by Crippen LogP contribution is 2.24. The van der Waals surface area contributed by atoms with Crippen LogP contribution in [0.1, 0.15) is 5.56 Å². The summed E-state index contributed by atoms with van der Waals surface area (Å²) in [5.41, 5.74) is 0.788. The number of rotatable bonds is 4. The van der Waals surface area contributed by atoms with E-state index in [9.17, 15) is 14.5 Å². The van der Waals surface area contributed by atoms with Crippen molar-refractivity contribution in [1.29, 1.82) is 0 Å². The van der Waals surface area contributed by atoms with E-state index in [-0.39, 0.29) is 17.3 Å². The van der Waals surface area contributed by atoms with Crippen LogP contribution in [0.4, 0.5) is 15.8 Å². The zero-order valence-corrected chi connectivity index (χ0v) is 11.6. The molecule has 0 aliphatic carbocycles. The summed E-state index contributed by atoms with van der Waals surface area (Å²) < 4.78 is 13.2. The summed E-state index contributed by atoms with van der Waals surface area (Å²) in [4.78, 5) is 10.4. The first-order valence-electron chi connectivity index (χ1n) is 5.58. The third kappa shape index (κ3) is 3.59. The molecule has 0 aromatic heterocycles. The third-order valence-corrected chi connectivity index (χ3v) is 3.04. The highest BCUT2D eigenvalue weighted by atomic mass is 35.5. The molecule has 0 radical (unpaired) electrons. The van der Waals surface area contributed by atoms with Crippen molar-refractivity contribution in [1.82, 2.24) is 0 Å². The molecule has 0 unspecified atom stereocenters. The first kappa shape index (κ1) is 14.6. The molecule has 20 heavy (non-hydrogen) atoms. The van der Waals surface area contributed by atoms with Crippen molar-refractivity contribution in [2.45, 2.75) is 6.54 Å². The molecule has 7 heteroatoms. The van der Waals surface area contributed by atoms with E-state index in [4.69, 9.17) is 23.2 Å². The SMILES string of the molecule is O=[N+]([O-])c1ccc(Cl)cc1CNc1cc(F)cc(Cl)c1. The van der Waals surface area contributed by atoms with Gasteiger partial charge < -0.3 is 5.32 Å². The van der Waals surface area contributed by atoms with Crippen LogP contribution in [0.2, 0.25) is 10.0 Å². The number of nitrogens with one attached hydrogen (secondary N) is 1. The average molecular weight is 315 g/mol. The lowest BCUT2D eigenvalue weighted by atomic mass is 10.1. The van der Waals surface area contributed by atoms with E-state index >= 15 is 0 Å². The molecule has 0 saturated heterocycles. The quantitative estimate of drug-likeness (QED) is 0.660. The second-order valence-electron chi connectivity index (χ2n) is 4.04. The Labute approximate surface area is 124 Å². The molecule has 1 N–H and O–H groups in total. The van der Waals surface area contributed by atoms with Crippen molar-refractivity contribution in [2.75, 3.05) is 5.32 Å². The van der Waals surface area contributed by atoms with Gasteiger partial charge in [-0.1, -0.05) is 23.2 Å². The minimum absolute atomic E-state index is 0.0515. The van der Waals surface area contributed by atoms with Gasteiger partial charge in [0.2, 0.25) is 0 Å². The topological polar surface area (TPSA) is 55.2 Å². The number of nitro groups is 1. The number of hydrogen-bond acceptors (Lipinski definition) is 3. The van der Waals surface area contributed by atoms with Crippen molar-refractivity contribution in [3.05, 3.63) is 67.9 Å². The summed E-state index contributed by atoms with van der Waals surface area (Å²) in [6.07, 6.45) is 0. The molecule has 0 saturated carbocycles. The van der Waals surface area contributed by atoms with Gasteiger partial charge in [-0.25, -0.2) is 4.39 Å². The van der Waals surface area contributed by atoms with Crippen LogP contribution in [-0.4, -0.2) is 4.92 Å². The van der Waals surface area contributed by atoms with Gasteiger partial charge in [0, 0.05) is 28.3 Å². The zero-order chi connectivity index (χ0) is 14.7. The molecular formula is C13H9Cl2FN2O2. The minimum atomic E-state index is -0.494. The molecule has 0 fully saturated rings. The van der Waals surface area contributed by atoms with E-state index in [1.54, 1.807) is 0 Å². The number of nitro benzene ring substituents is 1. The van der Waals surface area contributed by atoms with Crippen molar-refractivity contribution >= 4 is 34.6 Å². The standard InChI is InChI=1S/C13H9Cl2FN2O2/c14-9-1-2-13(18(19)20)8(3-9)7-17-12-5-10(15)4-11(16)6-12/h1-6,17H,7H2. The van der Waals surface area contributed by atoms with Crippen LogP contribution in [0, 0.1) is 15.9 Å². The van der Waals surface area contributed by atoms with Gasteiger partial charge in [-0.3, -0.25) is 10.1 Å². The Balaban J connectivity index is 2.22. The monoisotopic (exact) mass is 314 g/mol. The molecule has 2 rings (SSSR count). The van der Waals surface area contributed by atoms with Crippen LogP contribution >= 0.6 is 23.2 Å². The average Bonchev–Trinajstić information content (AvgIpc) is 2.35. The predicted octanol–water partition coefficient (Wildman–Crippen LogP) is 4.65. The fraction of sp³-hybridized carbons (Fsp3) is 0.0769. The third-order valence-electron chi connectivity index (χ3n) is 2.58. The molecule has 0 bridgehead atoms. The van der Waals surface area contributed by atoms with E-state index < -0.39 is 10.7 Å². The summed E-state index contributed by atoms with van der Waals surface area (Å²) in [6, 6.07) is 8.23. The second kappa shape index (κ2) is 6.07. The van der Waals surface area contributed by atoms with Crippen molar-refractivity contribution in [3.63, 3.8) is 0 Å². The first-order chi connectivity index (χ1) is 9.45. The van der Waals surface area contributed by atoms with Gasteiger partial charge >= 0.3 is 0 Å². The molecule has 0 amide bonds. The molecule has 104 valence electrons. The Morgan fingerprint density at radius 3 is 2.55 bits per heavy atom. The molecular weight excluding hydrogens is 306 g/mol. The van der Waals surface area contributed by atoms with Crippen LogP contribution in [0.25, 0.3) is 0 Å². The number of anilines is 1. The van der Waals surface area contributed by atoms with Gasteiger partial charge in [0.1, 0.15) is 5.82 Å². The Morgan fingerprint density at radius 1 is 1.15 bits per heavy atom. The van der Waals surface area contributed by atoms with Gasteiger partial charge in [0.05, 0.1) is 10.5 Å². The van der Waals surface area contributed by atoms with Crippen LogP contribution in [0.15, 0.2) is 36.4 Å². The smallest absolute Gasteiger partial charge is 0.274 e. The van der Waals surface area contributed by atoms with Gasteiger partial charge in [0.15, 0.2) is 0 Å². The molecule has 0 atom stereocenters. The number of benzene rings is 2. The highest BCUT2D eigenvalue weighted by Gasteiger charge is 2.13. The van der Waals surface area contributed by atoms with E-state index in [0.29, 0.717) is 16.3 Å². The Kier molecular flexibility index (Phi) is 4.42. The fourth-order valence-electron chi connectivity index (χ4n) is 1.73. The van der Waals surface area contributed by atoms with Crippen molar-refractivity contribution < 1.29 is 9.31 Å². The van der Waals surface area contributed by atoms with Crippen LogP contribution in [0.5, 0.6) is 0 Å². The molecule has 2 aromatic carbocycles. The van der Waals surface area contributed by atoms with Gasteiger partial charge in [0.25, 0.3) is 5.69 Å². The Bertz CT molecular complexity index is 645. The lowest BCUT2D eigenvalue weighted by Gasteiger charge is -2.08. The number of nitrogens with zero attached hydrogens (tertiary/aromatic N) is 1. The second-order valence-corrected chi connectivity index (χ2v) is 4.91. The highest BCUT2D eigenvalue weighted by molar-refractivity contribution is 6.31. The molecule has 0 aliphatic rings. The van der Waals surface area contributed by atoms with Gasteiger partial charge in [-0.2, -0.15) is 0 Å². The first-order valence-corrected chi connectivity index (χ1v) is 6.34. The largest absolute Gasteiger partial charge is 0.381 e. The van der Waals surface area contributed by atoms with Crippen LogP contribution in [0.3, 0.4) is 0 Å². The van der Waals surface area contributed by atoms with Crippen LogP contribution < -0.4 is 5.32 Å².